The number of halogens is 1. The zero-order chi connectivity index (χ0) is 11.7. The predicted octanol–water partition coefficient (Wildman–Crippen LogP) is 0.711. The van der Waals surface area contributed by atoms with E-state index in [4.69, 9.17) is 11.5 Å². The molecule has 0 aromatic carbocycles. The number of carbonyl (C=O) groups excluding carboxylic acids is 1. The highest BCUT2D eigenvalue weighted by molar-refractivity contribution is 9.10. The summed E-state index contributed by atoms with van der Waals surface area (Å²) in [5, 5.41) is 3.95. The quantitative estimate of drug-likeness (QED) is 0.847. The van der Waals surface area contributed by atoms with E-state index in [1.165, 1.54) is 10.7 Å². The van der Waals surface area contributed by atoms with Crippen LogP contribution in [0.4, 0.5) is 5.69 Å². The number of hydrogen-bond acceptors (Lipinski definition) is 4. The lowest BCUT2D eigenvalue weighted by atomic mass is 10.4. The molecule has 0 aliphatic rings. The third-order valence-corrected chi connectivity index (χ3v) is 2.35. The Morgan fingerprint density at radius 3 is 2.81 bits per heavy atom. The highest BCUT2D eigenvalue weighted by atomic mass is 79.9. The molecule has 0 saturated carbocycles. The van der Waals surface area contributed by atoms with Crippen LogP contribution >= 0.6 is 15.9 Å². The van der Waals surface area contributed by atoms with Gasteiger partial charge in [-0.3, -0.25) is 4.79 Å². The number of primary amides is 1. The average Bonchev–Trinajstić information content (AvgIpc) is 2.66. The molecule has 2 aromatic rings. The van der Waals surface area contributed by atoms with Crippen LogP contribution in [0.3, 0.4) is 0 Å². The smallest absolute Gasteiger partial charge is 0.269 e. The number of pyridine rings is 1. The monoisotopic (exact) mass is 281 g/mol. The Labute approximate surface area is 99.4 Å². The number of amides is 1. The van der Waals surface area contributed by atoms with Gasteiger partial charge in [0.05, 0.1) is 5.69 Å². The van der Waals surface area contributed by atoms with E-state index >= 15 is 0 Å². The van der Waals surface area contributed by atoms with Crippen LogP contribution in [0.25, 0.3) is 5.82 Å². The molecule has 0 aliphatic carbocycles. The maximum Gasteiger partial charge on any atom is 0.269 e. The number of nitrogen functional groups attached to an aromatic ring is 1. The molecule has 1 amide bonds. The van der Waals surface area contributed by atoms with E-state index in [1.807, 2.05) is 0 Å². The molecule has 0 atom stereocenters. The fraction of sp³-hybridized carbons (Fsp3) is 0. The molecular formula is C9H8BrN5O. The van der Waals surface area contributed by atoms with Gasteiger partial charge >= 0.3 is 0 Å². The van der Waals surface area contributed by atoms with Crippen molar-refractivity contribution in [2.45, 2.75) is 0 Å². The molecule has 7 heteroatoms. The number of nitrogens with zero attached hydrogens (tertiary/aromatic N) is 3. The number of nitrogens with two attached hydrogens (primary N) is 2. The van der Waals surface area contributed by atoms with Crippen LogP contribution in [0.15, 0.2) is 29.0 Å². The van der Waals surface area contributed by atoms with Crippen LogP contribution in [-0.2, 0) is 0 Å². The lowest BCUT2D eigenvalue weighted by Gasteiger charge is -2.04. The van der Waals surface area contributed by atoms with Crippen molar-refractivity contribution in [3.05, 3.63) is 34.7 Å². The SMILES string of the molecule is NC(=O)c1ccn(-c2ncc(Br)cc2N)n1. The Bertz CT molecular complexity index is 551. The molecule has 4 N–H and O–H groups in total. The summed E-state index contributed by atoms with van der Waals surface area (Å²) in [5.41, 5.74) is 11.5. The molecule has 0 saturated heterocycles. The lowest BCUT2D eigenvalue weighted by Crippen LogP contribution is -2.12. The molecule has 0 radical (unpaired) electrons. The third kappa shape index (κ3) is 1.89. The van der Waals surface area contributed by atoms with Gasteiger partial charge in [-0.1, -0.05) is 0 Å². The Morgan fingerprint density at radius 1 is 1.50 bits per heavy atom. The molecule has 2 heterocycles. The van der Waals surface area contributed by atoms with Gasteiger partial charge in [-0.2, -0.15) is 5.10 Å². The maximum atomic E-state index is 10.9. The van der Waals surface area contributed by atoms with E-state index in [0.29, 0.717) is 11.5 Å². The van der Waals surface area contributed by atoms with E-state index in [-0.39, 0.29) is 5.69 Å². The maximum absolute atomic E-state index is 10.9. The van der Waals surface area contributed by atoms with Crippen molar-refractivity contribution in [3.63, 3.8) is 0 Å². The molecule has 2 rings (SSSR count). The average molecular weight is 282 g/mol. The summed E-state index contributed by atoms with van der Waals surface area (Å²) < 4.78 is 2.18. The fourth-order valence-corrected chi connectivity index (χ4v) is 1.56. The van der Waals surface area contributed by atoms with Crippen LogP contribution in [0.1, 0.15) is 10.5 Å². The second kappa shape index (κ2) is 3.93. The zero-order valence-electron chi connectivity index (χ0n) is 8.09. The van der Waals surface area contributed by atoms with Crippen molar-refractivity contribution in [1.82, 2.24) is 14.8 Å². The van der Waals surface area contributed by atoms with E-state index in [2.05, 4.69) is 26.0 Å². The minimum atomic E-state index is -0.588. The van der Waals surface area contributed by atoms with Crippen molar-refractivity contribution < 1.29 is 4.79 Å². The normalized spacial score (nSPS) is 10.3. The van der Waals surface area contributed by atoms with Crippen molar-refractivity contribution in [2.24, 2.45) is 5.73 Å². The number of carbonyl (C=O) groups is 1. The van der Waals surface area contributed by atoms with Crippen LogP contribution < -0.4 is 11.5 Å². The number of aromatic nitrogens is 3. The van der Waals surface area contributed by atoms with Crippen LogP contribution in [-0.4, -0.2) is 20.7 Å². The second-order valence-corrected chi connectivity index (χ2v) is 3.99. The second-order valence-electron chi connectivity index (χ2n) is 3.08. The van der Waals surface area contributed by atoms with Gasteiger partial charge in [-0.15, -0.1) is 0 Å². The van der Waals surface area contributed by atoms with Gasteiger partial charge in [0.2, 0.25) is 0 Å². The summed E-state index contributed by atoms with van der Waals surface area (Å²) in [6.45, 7) is 0. The third-order valence-electron chi connectivity index (χ3n) is 1.92. The molecular weight excluding hydrogens is 274 g/mol. The van der Waals surface area contributed by atoms with Gasteiger partial charge < -0.3 is 11.5 Å². The van der Waals surface area contributed by atoms with Gasteiger partial charge in [0.25, 0.3) is 5.91 Å². The minimum absolute atomic E-state index is 0.170. The Balaban J connectivity index is 2.46. The minimum Gasteiger partial charge on any atom is -0.396 e. The molecule has 0 bridgehead atoms. The number of rotatable bonds is 2. The largest absolute Gasteiger partial charge is 0.396 e. The first-order valence-corrected chi connectivity index (χ1v) is 5.14. The number of hydrogen-bond donors (Lipinski definition) is 2. The zero-order valence-corrected chi connectivity index (χ0v) is 9.68. The first-order valence-electron chi connectivity index (χ1n) is 4.35. The summed E-state index contributed by atoms with van der Waals surface area (Å²) >= 11 is 3.25. The first kappa shape index (κ1) is 10.6. The predicted molar refractivity (Wildman–Crippen MR) is 62.0 cm³/mol. The highest BCUT2D eigenvalue weighted by Crippen LogP contribution is 2.18. The van der Waals surface area contributed by atoms with Gasteiger partial charge in [0.1, 0.15) is 5.69 Å². The van der Waals surface area contributed by atoms with E-state index in [0.717, 1.165) is 4.47 Å². The van der Waals surface area contributed by atoms with E-state index in [9.17, 15) is 4.79 Å². The number of anilines is 1. The molecule has 0 aliphatic heterocycles. The molecule has 0 fully saturated rings. The molecule has 82 valence electrons. The van der Waals surface area contributed by atoms with E-state index in [1.54, 1.807) is 18.5 Å². The summed E-state index contributed by atoms with van der Waals surface area (Å²) in [7, 11) is 0. The molecule has 0 spiro atoms. The van der Waals surface area contributed by atoms with Crippen molar-refractivity contribution in [3.8, 4) is 5.82 Å². The highest BCUT2D eigenvalue weighted by Gasteiger charge is 2.09. The summed E-state index contributed by atoms with van der Waals surface area (Å²) in [4.78, 5) is 15.0. The van der Waals surface area contributed by atoms with Crippen LogP contribution in [0, 0.1) is 0 Å². The topological polar surface area (TPSA) is 99.8 Å². The molecule has 0 unspecified atom stereocenters. The standard InChI is InChI=1S/C9H8BrN5O/c10-5-3-6(11)9(13-4-5)15-2-1-7(14-15)8(12)16/h1-4H,11H2,(H2,12,16). The van der Waals surface area contributed by atoms with E-state index < -0.39 is 5.91 Å². The fourth-order valence-electron chi connectivity index (χ4n) is 1.21. The van der Waals surface area contributed by atoms with Crippen LogP contribution in [0.5, 0.6) is 0 Å². The molecule has 2 aromatic heterocycles. The lowest BCUT2D eigenvalue weighted by molar-refractivity contribution is 0.0995. The van der Waals surface area contributed by atoms with Gasteiger partial charge in [0.15, 0.2) is 5.82 Å². The first-order chi connectivity index (χ1) is 7.58. The summed E-state index contributed by atoms with van der Waals surface area (Å²) in [5.74, 6) is -0.134. The van der Waals surface area contributed by atoms with Gasteiger partial charge in [-0.05, 0) is 28.1 Å². The van der Waals surface area contributed by atoms with Gasteiger partial charge in [-0.25, -0.2) is 9.67 Å². The van der Waals surface area contributed by atoms with Crippen molar-refractivity contribution in [2.75, 3.05) is 5.73 Å². The molecule has 16 heavy (non-hydrogen) atoms. The van der Waals surface area contributed by atoms with Crippen molar-refractivity contribution >= 4 is 27.5 Å². The molecule has 6 nitrogen and oxygen atoms in total. The summed E-state index contributed by atoms with van der Waals surface area (Å²) in [6.07, 6.45) is 3.17. The van der Waals surface area contributed by atoms with Crippen molar-refractivity contribution in [1.29, 1.82) is 0 Å². The Morgan fingerprint density at radius 2 is 2.25 bits per heavy atom. The Hall–Kier alpha value is -1.89. The van der Waals surface area contributed by atoms with Crippen LogP contribution in [0.2, 0.25) is 0 Å². The van der Waals surface area contributed by atoms with Gasteiger partial charge in [0, 0.05) is 16.9 Å². The Kier molecular flexibility index (Phi) is 2.61. The summed E-state index contributed by atoms with van der Waals surface area (Å²) in [6, 6.07) is 3.21.